The van der Waals surface area contributed by atoms with Crippen LogP contribution in [0.4, 0.5) is 0 Å². The van der Waals surface area contributed by atoms with Gasteiger partial charge in [-0.3, -0.25) is 4.90 Å². The average Bonchev–Trinajstić information content (AvgIpc) is 2.44. The molecule has 19 heavy (non-hydrogen) atoms. The summed E-state index contributed by atoms with van der Waals surface area (Å²) in [5.74, 6) is 0.614. The van der Waals surface area contributed by atoms with Gasteiger partial charge in [0.1, 0.15) is 0 Å². The minimum atomic E-state index is 0.614. The Morgan fingerprint density at radius 2 is 1.63 bits per heavy atom. The van der Waals surface area contributed by atoms with E-state index in [1.54, 1.807) is 0 Å². The highest BCUT2D eigenvalue weighted by Crippen LogP contribution is 2.18. The molecule has 0 N–H and O–H groups in total. The Kier molecular flexibility index (Phi) is 8.24. The van der Waals surface area contributed by atoms with Crippen LogP contribution in [0.15, 0.2) is 42.5 Å². The van der Waals surface area contributed by atoms with Gasteiger partial charge in [-0.1, -0.05) is 63.3 Å². The molecule has 1 atom stereocenters. The van der Waals surface area contributed by atoms with Crippen LogP contribution in [0.1, 0.15) is 51.5 Å². The van der Waals surface area contributed by atoms with Crippen LogP contribution < -0.4 is 0 Å². The van der Waals surface area contributed by atoms with E-state index in [0.29, 0.717) is 5.92 Å². The van der Waals surface area contributed by atoms with Crippen molar-refractivity contribution in [3.63, 3.8) is 0 Å². The summed E-state index contributed by atoms with van der Waals surface area (Å²) in [4.78, 5) is 2.53. The zero-order valence-corrected chi connectivity index (χ0v) is 12.8. The fourth-order valence-corrected chi connectivity index (χ4v) is 2.37. The Morgan fingerprint density at radius 3 is 2.21 bits per heavy atom. The molecule has 0 aliphatic heterocycles. The molecule has 0 fully saturated rings. The molecule has 0 aliphatic carbocycles. The second-order valence-corrected chi connectivity index (χ2v) is 5.32. The van der Waals surface area contributed by atoms with Gasteiger partial charge >= 0.3 is 0 Å². The number of hydrogen-bond donors (Lipinski definition) is 0. The van der Waals surface area contributed by atoms with Crippen molar-refractivity contribution in [3.8, 4) is 0 Å². The monoisotopic (exact) mass is 259 g/mol. The largest absolute Gasteiger partial charge is 0.300 e. The number of rotatable bonds is 9. The van der Waals surface area contributed by atoms with Crippen LogP contribution in [0, 0.1) is 0 Å². The van der Waals surface area contributed by atoms with E-state index >= 15 is 0 Å². The lowest BCUT2D eigenvalue weighted by molar-refractivity contribution is 0.303. The van der Waals surface area contributed by atoms with Crippen LogP contribution in [-0.2, 0) is 0 Å². The van der Waals surface area contributed by atoms with Crippen LogP contribution in [0.2, 0.25) is 0 Å². The molecule has 0 saturated carbocycles. The van der Waals surface area contributed by atoms with Crippen LogP contribution >= 0.6 is 0 Å². The number of benzene rings is 1. The van der Waals surface area contributed by atoms with E-state index in [1.165, 1.54) is 31.5 Å². The quantitative estimate of drug-likeness (QED) is 0.573. The topological polar surface area (TPSA) is 3.24 Å². The molecule has 0 radical (unpaired) electrons. The molecule has 0 bridgehead atoms. The summed E-state index contributed by atoms with van der Waals surface area (Å²) in [6.07, 6.45) is 8.30. The zero-order valence-electron chi connectivity index (χ0n) is 12.8. The summed E-state index contributed by atoms with van der Waals surface area (Å²) in [5, 5.41) is 0. The molecule has 0 amide bonds. The first kappa shape index (κ1) is 16.0. The van der Waals surface area contributed by atoms with E-state index in [4.69, 9.17) is 0 Å². The van der Waals surface area contributed by atoms with Crippen molar-refractivity contribution >= 4 is 0 Å². The zero-order chi connectivity index (χ0) is 13.9. The molecule has 1 aromatic carbocycles. The SMILES string of the molecule is CCCN(C/C=C/CC(C)c1ccccc1)CCC. The van der Waals surface area contributed by atoms with Crippen molar-refractivity contribution in [2.75, 3.05) is 19.6 Å². The van der Waals surface area contributed by atoms with Gasteiger partial charge in [-0.25, -0.2) is 0 Å². The summed E-state index contributed by atoms with van der Waals surface area (Å²) >= 11 is 0. The predicted molar refractivity (Wildman–Crippen MR) is 85.6 cm³/mol. The van der Waals surface area contributed by atoms with Gasteiger partial charge in [-0.05, 0) is 43.8 Å². The highest BCUT2D eigenvalue weighted by atomic mass is 15.1. The average molecular weight is 259 g/mol. The third-order valence-electron chi connectivity index (χ3n) is 3.47. The molecule has 1 aromatic rings. The van der Waals surface area contributed by atoms with Crippen molar-refractivity contribution in [2.24, 2.45) is 0 Å². The standard InChI is InChI=1S/C18H29N/c1-4-14-19(15-5-2)16-10-9-11-17(3)18-12-7-6-8-13-18/h6-10,12-13,17H,4-5,11,14-16H2,1-3H3/b10-9+. The van der Waals surface area contributed by atoms with Crippen LogP contribution in [0.5, 0.6) is 0 Å². The molecule has 0 aromatic heterocycles. The Morgan fingerprint density at radius 1 is 1.00 bits per heavy atom. The van der Waals surface area contributed by atoms with Crippen molar-refractivity contribution in [2.45, 2.75) is 46.0 Å². The maximum atomic E-state index is 2.53. The lowest BCUT2D eigenvalue weighted by Crippen LogP contribution is -2.25. The molecule has 106 valence electrons. The third-order valence-corrected chi connectivity index (χ3v) is 3.47. The first-order valence-corrected chi connectivity index (χ1v) is 7.70. The number of nitrogens with zero attached hydrogens (tertiary/aromatic N) is 1. The Hall–Kier alpha value is -1.08. The summed E-state index contributed by atoms with van der Waals surface area (Å²) < 4.78 is 0. The van der Waals surface area contributed by atoms with Gasteiger partial charge in [0.05, 0.1) is 0 Å². The first-order valence-electron chi connectivity index (χ1n) is 7.70. The van der Waals surface area contributed by atoms with Crippen molar-refractivity contribution < 1.29 is 0 Å². The maximum absolute atomic E-state index is 2.53. The van der Waals surface area contributed by atoms with Gasteiger partial charge in [0, 0.05) is 6.54 Å². The summed E-state index contributed by atoms with van der Waals surface area (Å²) in [5.41, 5.74) is 1.44. The van der Waals surface area contributed by atoms with Gasteiger partial charge < -0.3 is 0 Å². The number of allylic oxidation sites excluding steroid dienone is 1. The van der Waals surface area contributed by atoms with Crippen LogP contribution in [0.25, 0.3) is 0 Å². The van der Waals surface area contributed by atoms with Crippen LogP contribution in [-0.4, -0.2) is 24.5 Å². The molecule has 1 heteroatoms. The molecule has 1 rings (SSSR count). The molecular formula is C18H29N. The lowest BCUT2D eigenvalue weighted by Gasteiger charge is -2.18. The molecule has 0 saturated heterocycles. The first-order chi connectivity index (χ1) is 9.27. The fourth-order valence-electron chi connectivity index (χ4n) is 2.37. The molecule has 0 aliphatic rings. The second-order valence-electron chi connectivity index (χ2n) is 5.32. The summed E-state index contributed by atoms with van der Waals surface area (Å²) in [6.45, 7) is 10.3. The molecule has 0 heterocycles. The van der Waals surface area contributed by atoms with Gasteiger partial charge in [-0.15, -0.1) is 0 Å². The Balaban J connectivity index is 2.32. The smallest absolute Gasteiger partial charge is 0.0163 e. The van der Waals surface area contributed by atoms with Gasteiger partial charge in [0.2, 0.25) is 0 Å². The van der Waals surface area contributed by atoms with Crippen molar-refractivity contribution in [3.05, 3.63) is 48.0 Å². The van der Waals surface area contributed by atoms with Crippen LogP contribution in [0.3, 0.4) is 0 Å². The van der Waals surface area contributed by atoms with E-state index in [0.717, 1.165) is 13.0 Å². The molecule has 1 unspecified atom stereocenters. The van der Waals surface area contributed by atoms with E-state index in [1.807, 2.05) is 0 Å². The molecular weight excluding hydrogens is 230 g/mol. The number of hydrogen-bond acceptors (Lipinski definition) is 1. The van der Waals surface area contributed by atoms with E-state index < -0.39 is 0 Å². The second kappa shape index (κ2) is 9.80. The highest BCUT2D eigenvalue weighted by molar-refractivity contribution is 5.19. The predicted octanol–water partition coefficient (Wildman–Crippen LogP) is 4.86. The van der Waals surface area contributed by atoms with Gasteiger partial charge in [-0.2, -0.15) is 0 Å². The molecule has 0 spiro atoms. The van der Waals surface area contributed by atoms with Crippen molar-refractivity contribution in [1.29, 1.82) is 0 Å². The molecule has 1 nitrogen and oxygen atoms in total. The fraction of sp³-hybridized carbons (Fsp3) is 0.556. The Labute approximate surface area is 119 Å². The van der Waals surface area contributed by atoms with Crippen molar-refractivity contribution in [1.82, 2.24) is 4.90 Å². The minimum Gasteiger partial charge on any atom is -0.300 e. The third kappa shape index (κ3) is 6.58. The van der Waals surface area contributed by atoms with E-state index in [9.17, 15) is 0 Å². The Bertz CT molecular complexity index is 336. The van der Waals surface area contributed by atoms with Gasteiger partial charge in [0.15, 0.2) is 0 Å². The van der Waals surface area contributed by atoms with E-state index in [-0.39, 0.29) is 0 Å². The summed E-state index contributed by atoms with van der Waals surface area (Å²) in [7, 11) is 0. The maximum Gasteiger partial charge on any atom is 0.0163 e. The minimum absolute atomic E-state index is 0.614. The summed E-state index contributed by atoms with van der Waals surface area (Å²) in [6, 6.07) is 10.8. The van der Waals surface area contributed by atoms with E-state index in [2.05, 4.69) is 68.2 Å². The normalized spacial score (nSPS) is 13.3. The highest BCUT2D eigenvalue weighted by Gasteiger charge is 2.02. The lowest BCUT2D eigenvalue weighted by atomic mass is 9.98. The van der Waals surface area contributed by atoms with Gasteiger partial charge in [0.25, 0.3) is 0 Å².